The molecule has 3 rings (SSSR count). The topological polar surface area (TPSA) is 56.0 Å². The van der Waals surface area contributed by atoms with Gasteiger partial charge in [0.05, 0.1) is 22.7 Å². The summed E-state index contributed by atoms with van der Waals surface area (Å²) in [5, 5.41) is 3.29. The lowest BCUT2D eigenvalue weighted by Crippen LogP contribution is -2.05. The van der Waals surface area contributed by atoms with E-state index in [1.807, 2.05) is 6.92 Å². The van der Waals surface area contributed by atoms with Crippen LogP contribution in [0, 0.1) is 6.92 Å². The van der Waals surface area contributed by atoms with E-state index in [1.54, 1.807) is 17.5 Å². The number of thiazole rings is 1. The second-order valence-electron chi connectivity index (χ2n) is 5.61. The van der Waals surface area contributed by atoms with Crippen LogP contribution in [0.3, 0.4) is 0 Å². The van der Waals surface area contributed by atoms with E-state index < -0.39 is 10.8 Å². The summed E-state index contributed by atoms with van der Waals surface area (Å²) in [4.78, 5) is 8.79. The van der Waals surface area contributed by atoms with Crippen molar-refractivity contribution in [2.75, 3.05) is 0 Å². The first kappa shape index (κ1) is 14.9. The summed E-state index contributed by atoms with van der Waals surface area (Å²) in [6, 6.07) is 0. The van der Waals surface area contributed by atoms with E-state index >= 15 is 0 Å². The Hall–Kier alpha value is -1.01. The third-order valence-electron chi connectivity index (χ3n) is 3.79. The maximum absolute atomic E-state index is 12.2. The van der Waals surface area contributed by atoms with Gasteiger partial charge in [-0.05, 0) is 19.8 Å². The lowest BCUT2D eigenvalue weighted by molar-refractivity contribution is 0.442. The van der Waals surface area contributed by atoms with E-state index in [4.69, 9.17) is 9.40 Å². The Morgan fingerprint density at radius 3 is 2.86 bits per heavy atom. The van der Waals surface area contributed by atoms with Crippen LogP contribution in [0.4, 0.5) is 0 Å². The van der Waals surface area contributed by atoms with Crippen LogP contribution >= 0.6 is 11.3 Å². The van der Waals surface area contributed by atoms with Crippen molar-refractivity contribution < 1.29 is 8.63 Å². The first-order chi connectivity index (χ1) is 10.2. The molecule has 0 N–H and O–H groups in total. The minimum Gasteiger partial charge on any atom is -0.445 e. The Balaban J connectivity index is 1.57. The van der Waals surface area contributed by atoms with E-state index in [9.17, 15) is 4.21 Å². The molecule has 0 spiro atoms. The van der Waals surface area contributed by atoms with Crippen molar-refractivity contribution >= 4 is 22.1 Å². The number of nitrogens with zero attached hydrogens (tertiary/aromatic N) is 2. The number of aryl methyl sites for hydroxylation is 1. The largest absolute Gasteiger partial charge is 0.445 e. The molecule has 0 unspecified atom stereocenters. The van der Waals surface area contributed by atoms with Crippen LogP contribution in [0.2, 0.25) is 0 Å². The molecule has 1 fully saturated rings. The maximum atomic E-state index is 12.2. The molecule has 0 aromatic carbocycles. The van der Waals surface area contributed by atoms with Gasteiger partial charge in [0.2, 0.25) is 5.89 Å². The van der Waals surface area contributed by atoms with E-state index in [0.29, 0.717) is 23.3 Å². The molecule has 1 aliphatic rings. The Morgan fingerprint density at radius 2 is 2.14 bits per heavy atom. The number of aromatic nitrogens is 2. The van der Waals surface area contributed by atoms with Gasteiger partial charge in [-0.15, -0.1) is 11.3 Å². The summed E-state index contributed by atoms with van der Waals surface area (Å²) in [7, 11) is -1.01. The van der Waals surface area contributed by atoms with Gasteiger partial charge in [0.25, 0.3) is 0 Å². The Morgan fingerprint density at radius 1 is 1.33 bits per heavy atom. The van der Waals surface area contributed by atoms with E-state index in [1.165, 1.54) is 37.1 Å². The normalized spacial score (nSPS) is 18.0. The minimum atomic E-state index is -1.01. The average molecular weight is 324 g/mol. The molecule has 2 heterocycles. The zero-order valence-electron chi connectivity index (χ0n) is 12.2. The van der Waals surface area contributed by atoms with Crippen molar-refractivity contribution in [1.82, 2.24) is 9.97 Å². The zero-order chi connectivity index (χ0) is 14.7. The second-order valence-corrected chi connectivity index (χ2v) is 7.95. The van der Waals surface area contributed by atoms with Gasteiger partial charge in [-0.2, -0.15) is 0 Å². The molecule has 1 aliphatic carbocycles. The molecule has 0 aliphatic heterocycles. The quantitative estimate of drug-likeness (QED) is 0.836. The highest BCUT2D eigenvalue weighted by Crippen LogP contribution is 2.34. The molecule has 114 valence electrons. The number of hydrogen-bond acceptors (Lipinski definition) is 5. The monoisotopic (exact) mass is 324 g/mol. The molecule has 1 saturated carbocycles. The van der Waals surface area contributed by atoms with Crippen LogP contribution in [0.5, 0.6) is 0 Å². The lowest BCUT2D eigenvalue weighted by Gasteiger charge is -2.18. The SMILES string of the molecule is Cc1cnc(C[S@](=O)Cc2csc(C3CCCCC3)n2)o1. The van der Waals surface area contributed by atoms with Gasteiger partial charge >= 0.3 is 0 Å². The molecule has 4 nitrogen and oxygen atoms in total. The summed E-state index contributed by atoms with van der Waals surface area (Å²) in [6.07, 6.45) is 8.16. The van der Waals surface area contributed by atoms with Gasteiger partial charge in [0.1, 0.15) is 11.5 Å². The second kappa shape index (κ2) is 6.83. The van der Waals surface area contributed by atoms with Gasteiger partial charge in [-0.1, -0.05) is 19.3 Å². The minimum absolute atomic E-state index is 0.365. The van der Waals surface area contributed by atoms with Gasteiger partial charge in [-0.25, -0.2) is 9.97 Å². The summed E-state index contributed by atoms with van der Waals surface area (Å²) >= 11 is 1.72. The van der Waals surface area contributed by atoms with Gasteiger partial charge in [0.15, 0.2) is 0 Å². The van der Waals surface area contributed by atoms with Crippen LogP contribution in [0.25, 0.3) is 0 Å². The fourth-order valence-corrected chi connectivity index (χ4v) is 4.83. The molecule has 21 heavy (non-hydrogen) atoms. The third-order valence-corrected chi connectivity index (χ3v) is 6.03. The smallest absolute Gasteiger partial charge is 0.206 e. The first-order valence-corrected chi connectivity index (χ1v) is 9.78. The third kappa shape index (κ3) is 4.01. The highest BCUT2D eigenvalue weighted by atomic mass is 32.2. The van der Waals surface area contributed by atoms with Crippen LogP contribution < -0.4 is 0 Å². The van der Waals surface area contributed by atoms with Crippen LogP contribution in [-0.2, 0) is 22.3 Å². The highest BCUT2D eigenvalue weighted by molar-refractivity contribution is 7.83. The molecule has 0 radical (unpaired) electrons. The molecular weight excluding hydrogens is 304 g/mol. The lowest BCUT2D eigenvalue weighted by atomic mass is 9.90. The van der Waals surface area contributed by atoms with E-state index in [-0.39, 0.29) is 0 Å². The van der Waals surface area contributed by atoms with E-state index in [2.05, 4.69) is 10.4 Å². The predicted octanol–water partition coefficient (Wildman–Crippen LogP) is 3.94. The van der Waals surface area contributed by atoms with Crippen molar-refractivity contribution in [2.24, 2.45) is 0 Å². The Labute approximate surface area is 131 Å². The molecule has 0 saturated heterocycles. The van der Waals surface area contributed by atoms with Gasteiger partial charge in [0, 0.05) is 22.1 Å². The average Bonchev–Trinajstić information content (AvgIpc) is 3.09. The zero-order valence-corrected chi connectivity index (χ0v) is 13.8. The Bertz CT molecular complexity index is 615. The first-order valence-electron chi connectivity index (χ1n) is 7.41. The molecular formula is C15H20N2O2S2. The van der Waals surface area contributed by atoms with Crippen LogP contribution in [0.15, 0.2) is 16.0 Å². The highest BCUT2D eigenvalue weighted by Gasteiger charge is 2.19. The molecule has 2 aromatic rings. The molecule has 6 heteroatoms. The van der Waals surface area contributed by atoms with Crippen molar-refractivity contribution in [1.29, 1.82) is 0 Å². The fourth-order valence-electron chi connectivity index (χ4n) is 2.75. The predicted molar refractivity (Wildman–Crippen MR) is 84.7 cm³/mol. The molecule has 2 aromatic heterocycles. The Kier molecular flexibility index (Phi) is 4.85. The molecule has 1 atom stereocenters. The summed E-state index contributed by atoms with van der Waals surface area (Å²) in [5.74, 6) is 2.79. The van der Waals surface area contributed by atoms with Crippen LogP contribution in [0.1, 0.15) is 60.4 Å². The molecule has 0 amide bonds. The van der Waals surface area contributed by atoms with Crippen molar-refractivity contribution in [2.45, 2.75) is 56.5 Å². The summed E-state index contributed by atoms with van der Waals surface area (Å²) < 4.78 is 17.5. The van der Waals surface area contributed by atoms with Crippen molar-refractivity contribution in [3.63, 3.8) is 0 Å². The van der Waals surface area contributed by atoms with Crippen molar-refractivity contribution in [3.8, 4) is 0 Å². The summed E-state index contributed by atoms with van der Waals surface area (Å²) in [5.41, 5.74) is 0.946. The number of rotatable bonds is 5. The van der Waals surface area contributed by atoms with Gasteiger partial charge < -0.3 is 4.42 Å². The van der Waals surface area contributed by atoms with Crippen LogP contribution in [-0.4, -0.2) is 14.2 Å². The van der Waals surface area contributed by atoms with E-state index in [0.717, 1.165) is 11.5 Å². The maximum Gasteiger partial charge on any atom is 0.206 e. The van der Waals surface area contributed by atoms with Gasteiger partial charge in [-0.3, -0.25) is 4.21 Å². The molecule has 0 bridgehead atoms. The number of hydrogen-bond donors (Lipinski definition) is 0. The fraction of sp³-hybridized carbons (Fsp3) is 0.600. The van der Waals surface area contributed by atoms with Crippen molar-refractivity contribution in [3.05, 3.63) is 33.9 Å². The summed E-state index contributed by atoms with van der Waals surface area (Å²) in [6.45, 7) is 1.84. The standard InChI is InChI=1S/C15H20N2O2S2/c1-11-7-16-14(19-11)10-21(18)9-13-8-20-15(17-13)12-5-3-2-4-6-12/h7-8,12H,2-6,9-10H2,1H3/t21-/m1/s1. The number of oxazole rings is 1.